The number of ether oxygens (including phenoxy) is 1. The lowest BCUT2D eigenvalue weighted by Gasteiger charge is -2.38. The second kappa shape index (κ2) is 8.92. The normalized spacial score (nSPS) is 22.2. The van der Waals surface area contributed by atoms with Crippen molar-refractivity contribution in [1.82, 2.24) is 15.5 Å². The van der Waals surface area contributed by atoms with Gasteiger partial charge in [-0.3, -0.25) is 4.79 Å². The maximum atomic E-state index is 12.6. The molecule has 2 saturated heterocycles. The van der Waals surface area contributed by atoms with E-state index >= 15 is 0 Å². The van der Waals surface area contributed by atoms with E-state index in [4.69, 9.17) is 16.3 Å². The summed E-state index contributed by atoms with van der Waals surface area (Å²) in [6, 6.07) is 7.92. The molecule has 1 aliphatic carbocycles. The molecule has 0 spiro atoms. The highest BCUT2D eigenvalue weighted by Gasteiger charge is 2.36. The van der Waals surface area contributed by atoms with Gasteiger partial charge in [0.25, 0.3) is 0 Å². The minimum Gasteiger partial charge on any atom is -0.381 e. The van der Waals surface area contributed by atoms with Crippen molar-refractivity contribution in [2.75, 3.05) is 32.8 Å². The summed E-state index contributed by atoms with van der Waals surface area (Å²) in [6.45, 7) is 3.44. The van der Waals surface area contributed by atoms with Crippen molar-refractivity contribution < 1.29 is 14.3 Å². The van der Waals surface area contributed by atoms with Crippen LogP contribution < -0.4 is 10.6 Å². The van der Waals surface area contributed by atoms with Crippen LogP contribution in [0, 0.1) is 5.92 Å². The molecular formula is C22H30ClN3O3. The van der Waals surface area contributed by atoms with Crippen LogP contribution in [0.15, 0.2) is 24.3 Å². The molecular weight excluding hydrogens is 390 g/mol. The van der Waals surface area contributed by atoms with Gasteiger partial charge in [-0.15, -0.1) is 0 Å². The van der Waals surface area contributed by atoms with E-state index in [1.54, 1.807) is 0 Å². The average molecular weight is 420 g/mol. The number of nitrogens with zero attached hydrogens (tertiary/aromatic N) is 1. The van der Waals surface area contributed by atoms with E-state index in [-0.39, 0.29) is 23.4 Å². The molecule has 2 heterocycles. The Morgan fingerprint density at radius 1 is 1.07 bits per heavy atom. The summed E-state index contributed by atoms with van der Waals surface area (Å²) < 4.78 is 5.56. The number of hydrogen-bond acceptors (Lipinski definition) is 3. The highest BCUT2D eigenvalue weighted by molar-refractivity contribution is 6.30. The summed E-state index contributed by atoms with van der Waals surface area (Å²) in [5.41, 5.74) is 1.07. The number of amides is 3. The van der Waals surface area contributed by atoms with E-state index in [0.29, 0.717) is 30.7 Å². The number of carbonyl (C=O) groups is 2. The van der Waals surface area contributed by atoms with E-state index in [9.17, 15) is 9.59 Å². The lowest BCUT2D eigenvalue weighted by molar-refractivity contribution is -0.133. The number of hydrogen-bond donors (Lipinski definition) is 2. The SMILES string of the molecule is O=C(NCC1(c2ccc(Cl)cc2)CCOCC1)NC1CCN(C(=O)C2CC2)CC1. The third-order valence-corrected chi connectivity index (χ3v) is 6.81. The predicted molar refractivity (Wildman–Crippen MR) is 112 cm³/mol. The van der Waals surface area contributed by atoms with Crippen molar-refractivity contribution in [1.29, 1.82) is 0 Å². The van der Waals surface area contributed by atoms with Crippen molar-refractivity contribution in [3.8, 4) is 0 Å². The van der Waals surface area contributed by atoms with Gasteiger partial charge in [0.1, 0.15) is 0 Å². The van der Waals surface area contributed by atoms with Crippen molar-refractivity contribution in [2.24, 2.45) is 5.92 Å². The Bertz CT molecular complexity index is 721. The first kappa shape index (κ1) is 20.5. The molecule has 158 valence electrons. The topological polar surface area (TPSA) is 70.7 Å². The van der Waals surface area contributed by atoms with E-state index in [2.05, 4.69) is 22.8 Å². The Hall–Kier alpha value is -1.79. The first-order valence-electron chi connectivity index (χ1n) is 10.7. The van der Waals surface area contributed by atoms with Crippen LogP contribution in [0.5, 0.6) is 0 Å². The second-order valence-corrected chi connectivity index (χ2v) is 9.04. The van der Waals surface area contributed by atoms with Crippen molar-refractivity contribution in [3.63, 3.8) is 0 Å². The Kier molecular flexibility index (Phi) is 6.30. The van der Waals surface area contributed by atoms with Gasteiger partial charge in [0, 0.05) is 55.2 Å². The number of nitrogens with one attached hydrogen (secondary N) is 2. The van der Waals surface area contributed by atoms with Gasteiger partial charge in [0.15, 0.2) is 0 Å². The fourth-order valence-electron chi connectivity index (χ4n) is 4.45. The number of piperidine rings is 1. The maximum absolute atomic E-state index is 12.6. The number of halogens is 1. The Morgan fingerprint density at radius 3 is 2.34 bits per heavy atom. The third-order valence-electron chi connectivity index (χ3n) is 6.56. The van der Waals surface area contributed by atoms with Crippen LogP contribution in [0.4, 0.5) is 4.79 Å². The van der Waals surface area contributed by atoms with E-state index < -0.39 is 0 Å². The zero-order valence-corrected chi connectivity index (χ0v) is 17.5. The maximum Gasteiger partial charge on any atom is 0.315 e. The molecule has 0 atom stereocenters. The molecule has 1 aromatic rings. The van der Waals surface area contributed by atoms with Crippen LogP contribution in [-0.4, -0.2) is 55.7 Å². The zero-order chi connectivity index (χ0) is 20.3. The summed E-state index contributed by atoms with van der Waals surface area (Å²) in [5.74, 6) is 0.573. The van der Waals surface area contributed by atoms with Crippen LogP contribution in [0.3, 0.4) is 0 Å². The Morgan fingerprint density at radius 2 is 1.72 bits per heavy atom. The molecule has 3 aliphatic rings. The van der Waals surface area contributed by atoms with Crippen LogP contribution in [0.1, 0.15) is 44.1 Å². The molecule has 2 aliphatic heterocycles. The van der Waals surface area contributed by atoms with Crippen LogP contribution in [0.2, 0.25) is 5.02 Å². The Labute approximate surface area is 177 Å². The van der Waals surface area contributed by atoms with Crippen LogP contribution >= 0.6 is 11.6 Å². The summed E-state index contributed by atoms with van der Waals surface area (Å²) in [6.07, 6.45) is 5.47. The molecule has 3 amide bonds. The molecule has 4 rings (SSSR count). The highest BCUT2D eigenvalue weighted by atomic mass is 35.5. The summed E-state index contributed by atoms with van der Waals surface area (Å²) >= 11 is 6.05. The van der Waals surface area contributed by atoms with E-state index in [1.165, 1.54) is 5.56 Å². The quantitative estimate of drug-likeness (QED) is 0.770. The first-order valence-corrected chi connectivity index (χ1v) is 11.1. The molecule has 0 aromatic heterocycles. The zero-order valence-electron chi connectivity index (χ0n) is 16.8. The molecule has 1 aromatic carbocycles. The minimum absolute atomic E-state index is 0.124. The minimum atomic E-state index is -0.128. The largest absolute Gasteiger partial charge is 0.381 e. The monoisotopic (exact) mass is 419 g/mol. The van der Waals surface area contributed by atoms with Gasteiger partial charge in [-0.25, -0.2) is 4.79 Å². The summed E-state index contributed by atoms with van der Waals surface area (Å²) in [4.78, 5) is 26.7. The fourth-order valence-corrected chi connectivity index (χ4v) is 4.58. The van der Waals surface area contributed by atoms with Crippen LogP contribution in [-0.2, 0) is 14.9 Å². The summed E-state index contributed by atoms with van der Waals surface area (Å²) in [5, 5.41) is 6.91. The molecule has 7 heteroatoms. The number of urea groups is 1. The molecule has 0 unspecified atom stereocenters. The smallest absolute Gasteiger partial charge is 0.315 e. The third kappa shape index (κ3) is 5.04. The lowest BCUT2D eigenvalue weighted by atomic mass is 9.74. The van der Waals surface area contributed by atoms with Gasteiger partial charge in [-0.2, -0.15) is 0 Å². The lowest BCUT2D eigenvalue weighted by Crippen LogP contribution is -2.52. The van der Waals surface area contributed by atoms with E-state index in [0.717, 1.165) is 51.6 Å². The second-order valence-electron chi connectivity index (χ2n) is 8.60. The molecule has 6 nitrogen and oxygen atoms in total. The molecule has 3 fully saturated rings. The first-order chi connectivity index (χ1) is 14.1. The fraction of sp³-hybridized carbons (Fsp3) is 0.636. The standard InChI is InChI=1S/C22H30ClN3O3/c23-18-5-3-17(4-6-18)22(9-13-29-14-10-22)15-24-21(28)25-19-7-11-26(12-8-19)20(27)16-1-2-16/h3-6,16,19H,1-2,7-15H2,(H2,24,25,28). The number of likely N-dealkylation sites (tertiary alicyclic amines) is 1. The highest BCUT2D eigenvalue weighted by Crippen LogP contribution is 2.35. The van der Waals surface area contributed by atoms with Gasteiger partial charge in [0.05, 0.1) is 0 Å². The molecule has 29 heavy (non-hydrogen) atoms. The molecule has 1 saturated carbocycles. The number of benzene rings is 1. The van der Waals surface area contributed by atoms with Gasteiger partial charge in [0.2, 0.25) is 5.91 Å². The number of carbonyl (C=O) groups excluding carboxylic acids is 2. The Balaban J connectivity index is 1.28. The number of rotatable bonds is 5. The molecule has 0 bridgehead atoms. The van der Waals surface area contributed by atoms with Gasteiger partial charge in [-0.05, 0) is 56.2 Å². The predicted octanol–water partition coefficient (Wildman–Crippen LogP) is 3.09. The van der Waals surface area contributed by atoms with Crippen molar-refractivity contribution in [3.05, 3.63) is 34.9 Å². The summed E-state index contributed by atoms with van der Waals surface area (Å²) in [7, 11) is 0. The van der Waals surface area contributed by atoms with Crippen LogP contribution in [0.25, 0.3) is 0 Å². The average Bonchev–Trinajstić information content (AvgIpc) is 3.59. The van der Waals surface area contributed by atoms with Crippen molar-refractivity contribution in [2.45, 2.75) is 50.0 Å². The molecule has 0 radical (unpaired) electrons. The van der Waals surface area contributed by atoms with Gasteiger partial charge in [-0.1, -0.05) is 23.7 Å². The van der Waals surface area contributed by atoms with Gasteiger partial charge >= 0.3 is 6.03 Å². The van der Waals surface area contributed by atoms with Gasteiger partial charge < -0.3 is 20.3 Å². The van der Waals surface area contributed by atoms with Crippen molar-refractivity contribution >= 4 is 23.5 Å². The molecule has 2 N–H and O–H groups in total. The van der Waals surface area contributed by atoms with E-state index in [1.807, 2.05) is 17.0 Å².